The second-order valence-corrected chi connectivity index (χ2v) is 9.40. The van der Waals surface area contributed by atoms with Crippen LogP contribution in [-0.2, 0) is 4.57 Å². The van der Waals surface area contributed by atoms with Crippen molar-refractivity contribution < 1.29 is 4.57 Å². The molecule has 28 heavy (non-hydrogen) atoms. The van der Waals surface area contributed by atoms with Crippen LogP contribution in [0, 0.1) is 0 Å². The predicted octanol–water partition coefficient (Wildman–Crippen LogP) is 6.67. The quantitative estimate of drug-likeness (QED) is 0.422. The molecule has 0 aliphatic heterocycles. The average Bonchev–Trinajstić information content (AvgIpc) is 2.72. The highest BCUT2D eigenvalue weighted by Gasteiger charge is 2.19. The molecule has 2 rings (SSSR count). The van der Waals surface area contributed by atoms with Gasteiger partial charge in [0.15, 0.2) is 7.29 Å². The highest BCUT2D eigenvalue weighted by Crippen LogP contribution is 2.50. The first-order chi connectivity index (χ1) is 13.5. The van der Waals surface area contributed by atoms with Gasteiger partial charge in [-0.1, -0.05) is 97.7 Å². The van der Waals surface area contributed by atoms with Crippen LogP contribution in [-0.4, -0.2) is 31.1 Å². The summed E-state index contributed by atoms with van der Waals surface area (Å²) in [5.74, 6) is 3.19. The molecule has 150 valence electrons. The number of benzene rings is 2. The highest BCUT2D eigenvalue weighted by atomic mass is 35.5. The molecule has 2 aromatic carbocycles. The fraction of sp³-hybridized carbons (Fsp3) is 0.273. The Balaban J connectivity index is 2.30. The lowest BCUT2D eigenvalue weighted by Gasteiger charge is -2.20. The van der Waals surface area contributed by atoms with E-state index in [1.54, 1.807) is 11.6 Å². The molecule has 6 heteroatoms. The molecule has 0 aliphatic rings. The van der Waals surface area contributed by atoms with Crippen molar-refractivity contribution in [3.8, 4) is 0 Å². The van der Waals surface area contributed by atoms with Gasteiger partial charge in [0.2, 0.25) is 0 Å². The van der Waals surface area contributed by atoms with E-state index in [1.165, 1.54) is 0 Å². The van der Waals surface area contributed by atoms with E-state index in [9.17, 15) is 4.57 Å². The summed E-state index contributed by atoms with van der Waals surface area (Å²) in [6.45, 7) is 7.49. The van der Waals surface area contributed by atoms with Crippen LogP contribution in [0.25, 0.3) is 10.1 Å². The molecule has 0 amide bonds. The van der Waals surface area contributed by atoms with Crippen LogP contribution in [0.5, 0.6) is 0 Å². The van der Waals surface area contributed by atoms with Crippen molar-refractivity contribution in [2.24, 2.45) is 0 Å². The molecule has 0 aromatic heterocycles. The summed E-state index contributed by atoms with van der Waals surface area (Å²) in [5, 5.41) is 4.06. The number of hydrogen-bond donors (Lipinski definition) is 1. The largest absolute Gasteiger partial charge is 0.303 e. The molecular formula is C22H27Cl2N2OP. The van der Waals surface area contributed by atoms with Crippen molar-refractivity contribution in [2.75, 3.05) is 26.2 Å². The van der Waals surface area contributed by atoms with Crippen molar-refractivity contribution in [3.63, 3.8) is 0 Å². The summed E-state index contributed by atoms with van der Waals surface area (Å²) in [4.78, 5) is 2.27. The molecule has 0 radical (unpaired) electrons. The minimum atomic E-state index is -3.10. The Morgan fingerprint density at radius 2 is 1.32 bits per heavy atom. The van der Waals surface area contributed by atoms with E-state index in [1.807, 2.05) is 60.7 Å². The molecule has 0 fully saturated rings. The molecule has 0 aliphatic carbocycles. The number of nitrogens with one attached hydrogen (secondary N) is 1. The van der Waals surface area contributed by atoms with Gasteiger partial charge in [0.1, 0.15) is 0 Å². The van der Waals surface area contributed by atoms with E-state index < -0.39 is 7.29 Å². The second kappa shape index (κ2) is 11.6. The van der Waals surface area contributed by atoms with Crippen LogP contribution in [0.1, 0.15) is 25.0 Å². The lowest BCUT2D eigenvalue weighted by atomic mass is 10.2. The van der Waals surface area contributed by atoms with Gasteiger partial charge < -0.3 is 4.90 Å². The minimum absolute atomic E-state index is 0.438. The average molecular weight is 437 g/mol. The Kier molecular flexibility index (Phi) is 9.50. The fourth-order valence-corrected chi connectivity index (χ4v) is 5.53. The molecule has 0 unspecified atom stereocenters. The smallest absolute Gasteiger partial charge is 0.193 e. The second-order valence-electron chi connectivity index (χ2n) is 6.33. The van der Waals surface area contributed by atoms with Crippen molar-refractivity contribution in [3.05, 3.63) is 83.4 Å². The monoisotopic (exact) mass is 436 g/mol. The molecule has 0 bridgehead atoms. The van der Waals surface area contributed by atoms with E-state index in [4.69, 9.17) is 23.2 Å². The third-order valence-corrected chi connectivity index (χ3v) is 7.35. The Morgan fingerprint density at radius 1 is 0.893 bits per heavy atom. The van der Waals surface area contributed by atoms with Crippen LogP contribution in [0.3, 0.4) is 0 Å². The molecule has 0 saturated carbocycles. The molecule has 3 nitrogen and oxygen atoms in total. The maximum absolute atomic E-state index is 13.7. The molecule has 1 N–H and O–H groups in total. The van der Waals surface area contributed by atoms with Crippen molar-refractivity contribution in [2.45, 2.75) is 13.8 Å². The number of nitrogens with zero attached hydrogens (tertiary/aromatic N) is 1. The van der Waals surface area contributed by atoms with Crippen LogP contribution in [0.15, 0.2) is 72.3 Å². The molecule has 0 atom stereocenters. The Bertz CT molecular complexity index is 775. The van der Waals surface area contributed by atoms with Crippen LogP contribution in [0.4, 0.5) is 0 Å². The van der Waals surface area contributed by atoms with Crippen molar-refractivity contribution in [1.82, 2.24) is 9.99 Å². The third kappa shape index (κ3) is 7.24. The maximum Gasteiger partial charge on any atom is 0.193 e. The normalized spacial score (nSPS) is 14.9. The van der Waals surface area contributed by atoms with Gasteiger partial charge in [-0.25, -0.2) is 0 Å². The van der Waals surface area contributed by atoms with Gasteiger partial charge in [-0.05, 0) is 24.2 Å². The number of halogens is 2. The maximum atomic E-state index is 13.7. The summed E-state index contributed by atoms with van der Waals surface area (Å²) in [6, 6.07) is 19.0. The summed E-state index contributed by atoms with van der Waals surface area (Å²) in [7, 11) is -3.10. The minimum Gasteiger partial charge on any atom is -0.303 e. The van der Waals surface area contributed by atoms with E-state index in [0.717, 1.165) is 30.8 Å². The van der Waals surface area contributed by atoms with Crippen LogP contribution >= 0.6 is 30.5 Å². The third-order valence-electron chi connectivity index (χ3n) is 4.39. The van der Waals surface area contributed by atoms with Crippen LogP contribution < -0.4 is 5.09 Å². The molecule has 0 heterocycles. The van der Waals surface area contributed by atoms with Gasteiger partial charge in [0.25, 0.3) is 0 Å². The SMILES string of the molecule is CCN(CC)CCNP(=O)(C=C(Cl)c1ccccc1)C=C(Cl)c1ccccc1. The van der Waals surface area contributed by atoms with Crippen molar-refractivity contribution in [1.29, 1.82) is 0 Å². The first-order valence-corrected chi connectivity index (χ1v) is 12.0. The van der Waals surface area contributed by atoms with E-state index in [-0.39, 0.29) is 0 Å². The summed E-state index contributed by atoms with van der Waals surface area (Å²) < 4.78 is 13.7. The van der Waals surface area contributed by atoms with E-state index >= 15 is 0 Å². The summed E-state index contributed by atoms with van der Waals surface area (Å²) in [5.41, 5.74) is 1.64. The number of rotatable bonds is 10. The van der Waals surface area contributed by atoms with E-state index in [2.05, 4.69) is 23.8 Å². The van der Waals surface area contributed by atoms with Crippen LogP contribution in [0.2, 0.25) is 0 Å². The van der Waals surface area contributed by atoms with Gasteiger partial charge in [0.05, 0.1) is 10.1 Å². The lowest BCUT2D eigenvalue weighted by Crippen LogP contribution is -2.30. The molecule has 0 saturated heterocycles. The zero-order valence-corrected chi connectivity index (χ0v) is 18.7. The van der Waals surface area contributed by atoms with E-state index in [0.29, 0.717) is 16.6 Å². The topological polar surface area (TPSA) is 32.3 Å². The zero-order chi connectivity index (χ0) is 20.4. The summed E-state index contributed by atoms with van der Waals surface area (Å²) >= 11 is 13.0. The first-order valence-electron chi connectivity index (χ1n) is 9.42. The molecule has 0 spiro atoms. The number of hydrogen-bond acceptors (Lipinski definition) is 2. The molecule has 2 aromatic rings. The van der Waals surface area contributed by atoms with Gasteiger partial charge in [-0.15, -0.1) is 0 Å². The van der Waals surface area contributed by atoms with Gasteiger partial charge in [-0.2, -0.15) is 0 Å². The fourth-order valence-electron chi connectivity index (χ4n) is 2.73. The highest BCUT2D eigenvalue weighted by molar-refractivity contribution is 7.68. The summed E-state index contributed by atoms with van der Waals surface area (Å²) in [6.07, 6.45) is 0. The number of likely N-dealkylation sites (N-methyl/N-ethyl adjacent to an activating group) is 1. The molecular weight excluding hydrogens is 410 g/mol. The van der Waals surface area contributed by atoms with Crippen molar-refractivity contribution >= 4 is 40.6 Å². The predicted molar refractivity (Wildman–Crippen MR) is 124 cm³/mol. The van der Waals surface area contributed by atoms with Gasteiger partial charge in [-0.3, -0.25) is 9.65 Å². The van der Waals surface area contributed by atoms with Gasteiger partial charge >= 0.3 is 0 Å². The Morgan fingerprint density at radius 3 is 1.71 bits per heavy atom. The standard InChI is InChI=1S/C22H27Cl2N2OP/c1-3-26(4-2)16-15-25-28(27,17-21(23)19-11-7-5-8-12-19)18-22(24)20-13-9-6-10-14-20/h5-14,17-18H,3-4,15-16H2,1-2H3,(H,25,27). The zero-order valence-electron chi connectivity index (χ0n) is 16.3. The lowest BCUT2D eigenvalue weighted by molar-refractivity contribution is 0.309. The Hall–Kier alpha value is -1.35. The Labute approximate surface area is 178 Å². The first kappa shape index (κ1) is 22.9. The van der Waals surface area contributed by atoms with Gasteiger partial charge in [0, 0.05) is 24.7 Å².